The van der Waals surface area contributed by atoms with Gasteiger partial charge in [-0.3, -0.25) is 24.6 Å². The summed E-state index contributed by atoms with van der Waals surface area (Å²) in [7, 11) is 0. The first-order valence-corrected chi connectivity index (χ1v) is 9.28. The minimum atomic E-state index is -0.790. The van der Waals surface area contributed by atoms with Crippen molar-refractivity contribution in [3.63, 3.8) is 0 Å². The first-order chi connectivity index (χ1) is 12.3. The number of aromatic nitrogens is 2. The summed E-state index contributed by atoms with van der Waals surface area (Å²) in [5.41, 5.74) is 1.71. The molecule has 1 aliphatic heterocycles. The second-order valence-electron chi connectivity index (χ2n) is 6.54. The molecular weight excluding hydrogens is 352 g/mol. The Balaban J connectivity index is 1.87. The summed E-state index contributed by atoms with van der Waals surface area (Å²) >= 11 is 1.30. The number of nitrogens with zero attached hydrogens (tertiary/aromatic N) is 3. The first kappa shape index (κ1) is 18.2. The first-order valence-electron chi connectivity index (χ1n) is 8.46. The maximum Gasteiger partial charge on any atom is 0.300 e. The van der Waals surface area contributed by atoms with Gasteiger partial charge in [-0.05, 0) is 25.5 Å². The largest absolute Gasteiger partial charge is 0.300 e. The van der Waals surface area contributed by atoms with Crippen LogP contribution in [-0.4, -0.2) is 33.8 Å². The molecule has 1 atom stereocenters. The SMILES string of the molecule is CCC(C(=O)Nc1nnc(C(C)C)s1)N1C(=O)C(=O)c2cc(C)ccc21. The molecule has 7 nitrogen and oxygen atoms in total. The topological polar surface area (TPSA) is 92.3 Å². The second kappa shape index (κ2) is 6.95. The summed E-state index contributed by atoms with van der Waals surface area (Å²) in [6, 6.07) is 4.43. The highest BCUT2D eigenvalue weighted by molar-refractivity contribution is 7.15. The lowest BCUT2D eigenvalue weighted by atomic mass is 10.1. The highest BCUT2D eigenvalue weighted by Crippen LogP contribution is 2.32. The molecule has 0 bridgehead atoms. The lowest BCUT2D eigenvalue weighted by Crippen LogP contribution is -2.46. The number of carbonyl (C=O) groups excluding carboxylic acids is 3. The minimum Gasteiger partial charge on any atom is -0.299 e. The molecule has 2 heterocycles. The molecule has 8 heteroatoms. The fraction of sp³-hybridized carbons (Fsp3) is 0.389. The number of nitrogens with one attached hydrogen (secondary N) is 1. The van der Waals surface area contributed by atoms with Crippen molar-refractivity contribution in [1.82, 2.24) is 10.2 Å². The Morgan fingerprint density at radius 1 is 1.27 bits per heavy atom. The Bertz CT molecular complexity index is 890. The summed E-state index contributed by atoms with van der Waals surface area (Å²) in [6.07, 6.45) is 0.369. The van der Waals surface area contributed by atoms with E-state index in [-0.39, 0.29) is 11.8 Å². The van der Waals surface area contributed by atoms with Gasteiger partial charge in [0, 0.05) is 5.92 Å². The molecule has 1 aromatic heterocycles. The van der Waals surface area contributed by atoms with Gasteiger partial charge >= 0.3 is 0 Å². The van der Waals surface area contributed by atoms with Gasteiger partial charge < -0.3 is 0 Å². The minimum absolute atomic E-state index is 0.216. The summed E-state index contributed by atoms with van der Waals surface area (Å²) in [6.45, 7) is 7.64. The molecule has 2 aromatic rings. The molecule has 0 spiro atoms. The number of hydrogen-bond donors (Lipinski definition) is 1. The zero-order valence-electron chi connectivity index (χ0n) is 15.1. The standard InChI is InChI=1S/C18H20N4O3S/c1-5-12(15(24)19-18-21-20-16(26-18)9(2)3)22-13-7-6-10(4)8-11(13)14(23)17(22)25/h6-9,12H,5H2,1-4H3,(H,19,21,24). The van der Waals surface area contributed by atoms with Crippen LogP contribution in [-0.2, 0) is 9.59 Å². The molecule has 1 unspecified atom stereocenters. The van der Waals surface area contributed by atoms with Crippen molar-refractivity contribution in [1.29, 1.82) is 0 Å². The number of anilines is 2. The van der Waals surface area contributed by atoms with Gasteiger partial charge in [-0.1, -0.05) is 43.7 Å². The maximum atomic E-state index is 12.8. The maximum absolute atomic E-state index is 12.8. The smallest absolute Gasteiger partial charge is 0.299 e. The molecule has 0 saturated carbocycles. The van der Waals surface area contributed by atoms with Gasteiger partial charge in [-0.2, -0.15) is 0 Å². The van der Waals surface area contributed by atoms with E-state index >= 15 is 0 Å². The average molecular weight is 372 g/mol. The highest BCUT2D eigenvalue weighted by Gasteiger charge is 2.41. The number of rotatable bonds is 5. The lowest BCUT2D eigenvalue weighted by molar-refractivity contribution is -0.121. The molecule has 1 N–H and O–H groups in total. The van der Waals surface area contributed by atoms with Crippen LogP contribution in [0.4, 0.5) is 10.8 Å². The predicted octanol–water partition coefficient (Wildman–Crippen LogP) is 2.92. The molecule has 136 valence electrons. The normalized spacial score (nSPS) is 14.7. The van der Waals surface area contributed by atoms with Crippen molar-refractivity contribution in [2.45, 2.75) is 46.1 Å². The Morgan fingerprint density at radius 2 is 2.00 bits per heavy atom. The monoisotopic (exact) mass is 372 g/mol. The molecular formula is C18H20N4O3S. The van der Waals surface area contributed by atoms with Crippen LogP contribution in [0.5, 0.6) is 0 Å². The number of ketones is 1. The number of aryl methyl sites for hydroxylation is 1. The molecule has 1 aliphatic rings. The Morgan fingerprint density at radius 3 is 2.62 bits per heavy atom. The molecule has 0 aliphatic carbocycles. The van der Waals surface area contributed by atoms with Crippen LogP contribution in [0.1, 0.15) is 54.0 Å². The zero-order chi connectivity index (χ0) is 19.0. The van der Waals surface area contributed by atoms with Gasteiger partial charge in [-0.15, -0.1) is 10.2 Å². The highest BCUT2D eigenvalue weighted by atomic mass is 32.1. The fourth-order valence-electron chi connectivity index (χ4n) is 2.88. The Kier molecular flexibility index (Phi) is 4.86. The summed E-state index contributed by atoms with van der Waals surface area (Å²) in [5, 5.41) is 12.0. The van der Waals surface area contributed by atoms with E-state index in [1.54, 1.807) is 19.1 Å². The van der Waals surface area contributed by atoms with Gasteiger partial charge in [-0.25, -0.2) is 0 Å². The zero-order valence-corrected chi connectivity index (χ0v) is 15.9. The summed E-state index contributed by atoms with van der Waals surface area (Å²) in [5.74, 6) is -1.41. The molecule has 0 radical (unpaired) electrons. The van der Waals surface area contributed by atoms with Gasteiger partial charge in [0.15, 0.2) is 0 Å². The summed E-state index contributed by atoms with van der Waals surface area (Å²) in [4.78, 5) is 38.8. The van der Waals surface area contributed by atoms with Crippen molar-refractivity contribution in [3.05, 3.63) is 34.3 Å². The van der Waals surface area contributed by atoms with E-state index < -0.39 is 17.7 Å². The van der Waals surface area contributed by atoms with E-state index in [0.29, 0.717) is 22.8 Å². The third kappa shape index (κ3) is 3.12. The summed E-state index contributed by atoms with van der Waals surface area (Å²) < 4.78 is 0. The third-order valence-corrected chi connectivity index (χ3v) is 5.37. The second-order valence-corrected chi connectivity index (χ2v) is 7.55. The number of Topliss-reactive ketones (excluding diaryl/α,β-unsaturated/α-hetero) is 1. The van der Waals surface area contributed by atoms with Crippen molar-refractivity contribution in [2.75, 3.05) is 10.2 Å². The average Bonchev–Trinajstić information content (AvgIpc) is 3.15. The van der Waals surface area contributed by atoms with Crippen molar-refractivity contribution >= 4 is 39.8 Å². The van der Waals surface area contributed by atoms with Crippen molar-refractivity contribution in [3.8, 4) is 0 Å². The molecule has 26 heavy (non-hydrogen) atoms. The van der Waals surface area contributed by atoms with E-state index in [2.05, 4.69) is 15.5 Å². The lowest BCUT2D eigenvalue weighted by Gasteiger charge is -2.25. The quantitative estimate of drug-likeness (QED) is 0.815. The predicted molar refractivity (Wildman–Crippen MR) is 99.7 cm³/mol. The third-order valence-electron chi connectivity index (χ3n) is 4.23. The van der Waals surface area contributed by atoms with Crippen LogP contribution >= 0.6 is 11.3 Å². The van der Waals surface area contributed by atoms with Gasteiger partial charge in [0.25, 0.3) is 11.7 Å². The number of carbonyl (C=O) groups is 3. The van der Waals surface area contributed by atoms with Gasteiger partial charge in [0.05, 0.1) is 11.3 Å². The van der Waals surface area contributed by atoms with Crippen molar-refractivity contribution in [2.24, 2.45) is 0 Å². The van der Waals surface area contributed by atoms with Crippen LogP contribution < -0.4 is 10.2 Å². The van der Waals surface area contributed by atoms with Crippen LogP contribution in [0.25, 0.3) is 0 Å². The van der Waals surface area contributed by atoms with E-state index in [1.165, 1.54) is 16.2 Å². The molecule has 2 amide bonds. The van der Waals surface area contributed by atoms with Crippen LogP contribution in [0, 0.1) is 6.92 Å². The van der Waals surface area contributed by atoms with Crippen LogP contribution in [0.15, 0.2) is 18.2 Å². The van der Waals surface area contributed by atoms with Crippen molar-refractivity contribution < 1.29 is 14.4 Å². The number of amides is 2. The Labute approximate surface area is 155 Å². The number of fused-ring (bicyclic) bond motifs is 1. The van der Waals surface area contributed by atoms with E-state index in [1.807, 2.05) is 26.8 Å². The van der Waals surface area contributed by atoms with E-state index in [4.69, 9.17) is 0 Å². The Hall–Kier alpha value is -2.61. The number of hydrogen-bond acceptors (Lipinski definition) is 6. The molecule has 0 fully saturated rings. The molecule has 3 rings (SSSR count). The van der Waals surface area contributed by atoms with E-state index in [9.17, 15) is 14.4 Å². The van der Waals surface area contributed by atoms with Gasteiger partial charge in [0.2, 0.25) is 11.0 Å². The van der Waals surface area contributed by atoms with E-state index in [0.717, 1.165) is 10.6 Å². The molecule has 0 saturated heterocycles. The fourth-order valence-corrected chi connectivity index (χ4v) is 3.63. The number of benzene rings is 1. The van der Waals surface area contributed by atoms with Crippen LogP contribution in [0.3, 0.4) is 0 Å². The van der Waals surface area contributed by atoms with Crippen LogP contribution in [0.2, 0.25) is 0 Å². The molecule has 1 aromatic carbocycles. The van der Waals surface area contributed by atoms with Gasteiger partial charge in [0.1, 0.15) is 11.0 Å².